The molecule has 1 N–H and O–H groups in total. The summed E-state index contributed by atoms with van der Waals surface area (Å²) in [4.78, 5) is 27.6. The van der Waals surface area contributed by atoms with Crippen LogP contribution < -0.4 is 4.72 Å². The van der Waals surface area contributed by atoms with Gasteiger partial charge in [-0.15, -0.1) is 0 Å². The lowest BCUT2D eigenvalue weighted by Crippen LogP contribution is -2.51. The summed E-state index contributed by atoms with van der Waals surface area (Å²) in [5, 5.41) is 0. The smallest absolute Gasteiger partial charge is 0.272 e. The Morgan fingerprint density at radius 2 is 1.65 bits per heavy atom. The van der Waals surface area contributed by atoms with E-state index in [1.807, 2.05) is 18.7 Å². The molecule has 2 aliphatic heterocycles. The quantitative estimate of drug-likeness (QED) is 0.538. The van der Waals surface area contributed by atoms with Crippen molar-refractivity contribution < 1.29 is 13.2 Å². The fourth-order valence-electron chi connectivity index (χ4n) is 7.14. The van der Waals surface area contributed by atoms with Gasteiger partial charge in [0.1, 0.15) is 11.5 Å². The molecule has 9 heteroatoms. The first-order chi connectivity index (χ1) is 19.2. The van der Waals surface area contributed by atoms with Crippen LogP contribution >= 0.6 is 0 Å². The average Bonchev–Trinajstić information content (AvgIpc) is 2.95. The van der Waals surface area contributed by atoms with Gasteiger partial charge in [-0.25, -0.2) is 23.1 Å². The molecule has 0 bridgehead atoms. The van der Waals surface area contributed by atoms with Crippen LogP contribution in [0.15, 0.2) is 30.3 Å². The number of nitrogens with zero attached hydrogens (tertiary/aromatic N) is 4. The summed E-state index contributed by atoms with van der Waals surface area (Å²) in [5.41, 5.74) is 4.00. The molecule has 0 radical (unpaired) electrons. The van der Waals surface area contributed by atoms with E-state index in [0.29, 0.717) is 29.4 Å². The molecular formula is C31H45N5O3S. The zero-order valence-electron chi connectivity index (χ0n) is 24.3. The molecule has 0 spiro atoms. The van der Waals surface area contributed by atoms with Gasteiger partial charge in [0, 0.05) is 36.4 Å². The Bertz CT molecular complexity index is 1270. The molecule has 1 aromatic carbocycles. The molecular weight excluding hydrogens is 522 g/mol. The maximum atomic E-state index is 13.7. The predicted octanol–water partition coefficient (Wildman–Crippen LogP) is 4.23. The first-order valence-corrected chi connectivity index (χ1v) is 16.9. The number of aromatic nitrogens is 2. The summed E-state index contributed by atoms with van der Waals surface area (Å²) < 4.78 is 25.9. The van der Waals surface area contributed by atoms with Crippen LogP contribution in [-0.2, 0) is 16.4 Å². The molecule has 3 heterocycles. The van der Waals surface area contributed by atoms with Gasteiger partial charge in [-0.1, -0.05) is 43.2 Å². The Balaban J connectivity index is 1.18. The van der Waals surface area contributed by atoms with Crippen molar-refractivity contribution in [1.29, 1.82) is 0 Å². The number of aryl methyl sites for hydroxylation is 1. The molecule has 1 aliphatic carbocycles. The second-order valence-corrected chi connectivity index (χ2v) is 14.0. The minimum atomic E-state index is -3.16. The van der Waals surface area contributed by atoms with E-state index < -0.39 is 10.0 Å². The Morgan fingerprint density at radius 1 is 0.950 bits per heavy atom. The fourth-order valence-corrected chi connectivity index (χ4v) is 7.98. The van der Waals surface area contributed by atoms with Crippen molar-refractivity contribution >= 4 is 15.9 Å². The van der Waals surface area contributed by atoms with Crippen LogP contribution in [0.2, 0.25) is 0 Å². The van der Waals surface area contributed by atoms with Crippen molar-refractivity contribution in [2.45, 2.75) is 89.6 Å². The number of benzene rings is 1. The third-order valence-electron chi connectivity index (χ3n) is 9.28. The number of likely N-dealkylation sites (tertiary alicyclic amines) is 2. The highest BCUT2D eigenvalue weighted by molar-refractivity contribution is 7.88. The fraction of sp³-hybridized carbons (Fsp3) is 0.645. The Hall–Kier alpha value is -2.36. The largest absolute Gasteiger partial charge is 0.337 e. The number of sulfonamides is 1. The molecule has 1 amide bonds. The highest BCUT2D eigenvalue weighted by atomic mass is 32.2. The SMILES string of the molecule is Cc1nc(CC2CCCC(c3ccccc3)C2)c(C)c(C(=O)N2CCC(N3CCC(NS(C)(=O)=O)CC3)CC2)n1. The Morgan fingerprint density at radius 3 is 2.33 bits per heavy atom. The van der Waals surface area contributed by atoms with Crippen molar-refractivity contribution in [3.05, 3.63) is 58.7 Å². The van der Waals surface area contributed by atoms with Crippen LogP contribution in [0.1, 0.15) is 90.4 Å². The minimum Gasteiger partial charge on any atom is -0.337 e. The van der Waals surface area contributed by atoms with E-state index in [2.05, 4.69) is 44.9 Å². The van der Waals surface area contributed by atoms with Crippen LogP contribution in [-0.4, -0.2) is 78.6 Å². The highest BCUT2D eigenvalue weighted by Gasteiger charge is 2.32. The van der Waals surface area contributed by atoms with E-state index in [9.17, 15) is 13.2 Å². The van der Waals surface area contributed by atoms with Gasteiger partial charge in [0.15, 0.2) is 0 Å². The van der Waals surface area contributed by atoms with E-state index in [1.165, 1.54) is 37.5 Å². The summed E-state index contributed by atoms with van der Waals surface area (Å²) >= 11 is 0. The third-order valence-corrected chi connectivity index (χ3v) is 10.0. The lowest BCUT2D eigenvalue weighted by atomic mass is 9.76. The molecule has 40 heavy (non-hydrogen) atoms. The summed E-state index contributed by atoms with van der Waals surface area (Å²) in [5.74, 6) is 1.89. The second-order valence-electron chi connectivity index (χ2n) is 12.3. The molecule has 8 nitrogen and oxygen atoms in total. The van der Waals surface area contributed by atoms with Gasteiger partial charge < -0.3 is 9.80 Å². The molecule has 1 aromatic heterocycles. The number of rotatable bonds is 7. The van der Waals surface area contributed by atoms with E-state index in [0.717, 1.165) is 69.5 Å². The van der Waals surface area contributed by atoms with Crippen molar-refractivity contribution in [1.82, 2.24) is 24.5 Å². The number of amides is 1. The maximum absolute atomic E-state index is 13.7. The van der Waals surface area contributed by atoms with Gasteiger partial charge >= 0.3 is 0 Å². The molecule has 3 fully saturated rings. The summed E-state index contributed by atoms with van der Waals surface area (Å²) in [7, 11) is -3.16. The van der Waals surface area contributed by atoms with Crippen LogP contribution in [0.25, 0.3) is 0 Å². The Kier molecular flexibility index (Phi) is 9.22. The minimum absolute atomic E-state index is 0.0314. The van der Waals surface area contributed by atoms with Gasteiger partial charge in [-0.2, -0.15) is 0 Å². The van der Waals surface area contributed by atoms with Crippen molar-refractivity contribution in [2.24, 2.45) is 5.92 Å². The maximum Gasteiger partial charge on any atom is 0.272 e. The molecule has 1 saturated carbocycles. The standard InChI is InChI=1S/C31H45N5O3S/c1-22-29(21-24-8-7-11-26(20-24)25-9-5-4-6-10-25)32-23(2)33-30(22)31(37)36-18-14-28(15-19-36)35-16-12-27(13-17-35)34-40(3,38)39/h4-6,9-10,24,26-28,34H,7-8,11-21H2,1-3H3. The van der Waals surface area contributed by atoms with Crippen molar-refractivity contribution in [3.63, 3.8) is 0 Å². The van der Waals surface area contributed by atoms with E-state index in [1.54, 1.807) is 0 Å². The first kappa shape index (κ1) is 29.1. The molecule has 2 unspecified atom stereocenters. The van der Waals surface area contributed by atoms with Crippen LogP contribution in [0.4, 0.5) is 0 Å². The lowest BCUT2D eigenvalue weighted by molar-refractivity contribution is 0.0570. The number of piperidine rings is 2. The zero-order chi connectivity index (χ0) is 28.3. The monoisotopic (exact) mass is 567 g/mol. The van der Waals surface area contributed by atoms with Crippen LogP contribution in [0.3, 0.4) is 0 Å². The summed E-state index contributed by atoms with van der Waals surface area (Å²) in [6, 6.07) is 11.3. The van der Waals surface area contributed by atoms with Crippen LogP contribution in [0, 0.1) is 19.8 Å². The second kappa shape index (κ2) is 12.7. The van der Waals surface area contributed by atoms with E-state index >= 15 is 0 Å². The van der Waals surface area contributed by atoms with Crippen molar-refractivity contribution in [3.8, 4) is 0 Å². The van der Waals surface area contributed by atoms with Gasteiger partial charge in [-0.3, -0.25) is 4.79 Å². The number of carbonyl (C=O) groups is 1. The number of hydrogen-bond donors (Lipinski definition) is 1. The number of nitrogens with one attached hydrogen (secondary N) is 1. The first-order valence-electron chi connectivity index (χ1n) is 15.1. The van der Waals surface area contributed by atoms with Gasteiger partial charge in [0.2, 0.25) is 10.0 Å². The lowest BCUT2D eigenvalue weighted by Gasteiger charge is -2.41. The number of hydrogen-bond acceptors (Lipinski definition) is 6. The van der Waals surface area contributed by atoms with E-state index in [4.69, 9.17) is 4.98 Å². The Labute approximate surface area is 240 Å². The molecule has 218 valence electrons. The summed E-state index contributed by atoms with van der Waals surface area (Å²) in [6.07, 6.45) is 10.6. The average molecular weight is 568 g/mol. The topological polar surface area (TPSA) is 95.5 Å². The molecule has 3 aliphatic rings. The molecule has 2 atom stereocenters. The number of carbonyl (C=O) groups excluding carboxylic acids is 1. The normalized spacial score (nSPS) is 23.8. The molecule has 2 saturated heterocycles. The molecule has 5 rings (SSSR count). The highest BCUT2D eigenvalue weighted by Crippen LogP contribution is 2.38. The zero-order valence-corrected chi connectivity index (χ0v) is 25.1. The van der Waals surface area contributed by atoms with Crippen LogP contribution in [0.5, 0.6) is 0 Å². The molecule has 2 aromatic rings. The van der Waals surface area contributed by atoms with E-state index in [-0.39, 0.29) is 11.9 Å². The van der Waals surface area contributed by atoms with Gasteiger partial charge in [0.05, 0.1) is 6.26 Å². The van der Waals surface area contributed by atoms with Gasteiger partial charge in [-0.05, 0) is 89.3 Å². The third kappa shape index (κ3) is 7.28. The predicted molar refractivity (Wildman–Crippen MR) is 158 cm³/mol. The van der Waals surface area contributed by atoms with Crippen molar-refractivity contribution in [2.75, 3.05) is 32.4 Å². The van der Waals surface area contributed by atoms with Gasteiger partial charge in [0.25, 0.3) is 5.91 Å². The summed E-state index contributed by atoms with van der Waals surface area (Å²) in [6.45, 7) is 7.18.